The standard InChI is InChI=1S/C14H19N3O2/c1-3-15(4-2)9-10-16-8-7-12-5-6-13(17(18)19)11-14(12)16/h5-8,11H,3-4,9-10H2,1-2H3. The van der Waals surface area contributed by atoms with E-state index < -0.39 is 0 Å². The van der Waals surface area contributed by atoms with Gasteiger partial charge < -0.3 is 9.47 Å². The number of nitro groups is 1. The van der Waals surface area contributed by atoms with Crippen LogP contribution in [0.5, 0.6) is 0 Å². The lowest BCUT2D eigenvalue weighted by atomic mass is 10.2. The normalized spacial score (nSPS) is 11.3. The van der Waals surface area contributed by atoms with Gasteiger partial charge in [-0.25, -0.2) is 0 Å². The molecule has 0 unspecified atom stereocenters. The third-order valence-corrected chi connectivity index (χ3v) is 3.52. The maximum absolute atomic E-state index is 10.8. The molecule has 0 N–H and O–H groups in total. The van der Waals surface area contributed by atoms with E-state index in [1.807, 2.05) is 12.3 Å². The van der Waals surface area contributed by atoms with Gasteiger partial charge in [-0.2, -0.15) is 0 Å². The third kappa shape index (κ3) is 2.93. The summed E-state index contributed by atoms with van der Waals surface area (Å²) >= 11 is 0. The van der Waals surface area contributed by atoms with Crippen molar-refractivity contribution < 1.29 is 4.92 Å². The second-order valence-electron chi connectivity index (χ2n) is 4.54. The van der Waals surface area contributed by atoms with Crippen molar-refractivity contribution in [2.24, 2.45) is 0 Å². The van der Waals surface area contributed by atoms with Crippen LogP contribution in [0, 0.1) is 10.1 Å². The first-order valence-corrected chi connectivity index (χ1v) is 6.61. The van der Waals surface area contributed by atoms with E-state index in [2.05, 4.69) is 23.3 Å². The Bertz CT molecular complexity index is 573. The fraction of sp³-hybridized carbons (Fsp3) is 0.429. The summed E-state index contributed by atoms with van der Waals surface area (Å²) in [6.07, 6.45) is 2.00. The van der Waals surface area contributed by atoms with E-state index in [1.54, 1.807) is 18.2 Å². The molecule has 0 radical (unpaired) electrons. The Balaban J connectivity index is 2.23. The van der Waals surface area contributed by atoms with Crippen LogP contribution in [0.15, 0.2) is 30.5 Å². The van der Waals surface area contributed by atoms with Crippen LogP contribution in [0.3, 0.4) is 0 Å². The number of nitro benzene ring substituents is 1. The number of fused-ring (bicyclic) bond motifs is 1. The minimum atomic E-state index is -0.346. The Morgan fingerprint density at radius 1 is 1.26 bits per heavy atom. The van der Waals surface area contributed by atoms with Gasteiger partial charge in [0.1, 0.15) is 0 Å². The number of rotatable bonds is 6. The lowest BCUT2D eigenvalue weighted by Crippen LogP contribution is -2.26. The summed E-state index contributed by atoms with van der Waals surface area (Å²) in [5.41, 5.74) is 1.08. The van der Waals surface area contributed by atoms with Gasteiger partial charge in [-0.15, -0.1) is 0 Å². The number of likely N-dealkylation sites (N-methyl/N-ethyl adjacent to an activating group) is 1. The van der Waals surface area contributed by atoms with Gasteiger partial charge in [0, 0.05) is 36.8 Å². The molecule has 0 aliphatic carbocycles. The number of nitrogens with zero attached hydrogens (tertiary/aromatic N) is 3. The van der Waals surface area contributed by atoms with Crippen molar-refractivity contribution in [2.75, 3.05) is 19.6 Å². The van der Waals surface area contributed by atoms with E-state index in [4.69, 9.17) is 0 Å². The molecule has 5 nitrogen and oxygen atoms in total. The van der Waals surface area contributed by atoms with Crippen LogP contribution in [-0.4, -0.2) is 34.0 Å². The van der Waals surface area contributed by atoms with E-state index in [0.29, 0.717) is 0 Å². The predicted octanol–water partition coefficient (Wildman–Crippen LogP) is 2.89. The Morgan fingerprint density at radius 3 is 2.63 bits per heavy atom. The maximum atomic E-state index is 10.8. The van der Waals surface area contributed by atoms with Crippen molar-refractivity contribution in [3.8, 4) is 0 Å². The van der Waals surface area contributed by atoms with Gasteiger partial charge in [0.2, 0.25) is 0 Å². The zero-order chi connectivity index (χ0) is 13.8. The molecule has 0 bridgehead atoms. The van der Waals surface area contributed by atoms with Crippen LogP contribution in [-0.2, 0) is 6.54 Å². The molecule has 0 spiro atoms. The minimum absolute atomic E-state index is 0.148. The van der Waals surface area contributed by atoms with Gasteiger partial charge in [-0.05, 0) is 25.2 Å². The van der Waals surface area contributed by atoms with E-state index in [1.165, 1.54) is 0 Å². The second-order valence-corrected chi connectivity index (χ2v) is 4.54. The molecule has 2 rings (SSSR count). The first-order chi connectivity index (χ1) is 9.15. The molecular weight excluding hydrogens is 242 g/mol. The van der Waals surface area contributed by atoms with Gasteiger partial charge in [-0.3, -0.25) is 10.1 Å². The van der Waals surface area contributed by atoms with E-state index in [-0.39, 0.29) is 10.6 Å². The molecule has 19 heavy (non-hydrogen) atoms. The van der Waals surface area contributed by atoms with E-state index in [9.17, 15) is 10.1 Å². The largest absolute Gasteiger partial charge is 0.346 e. The van der Waals surface area contributed by atoms with Crippen molar-refractivity contribution >= 4 is 16.6 Å². The Labute approximate surface area is 112 Å². The zero-order valence-corrected chi connectivity index (χ0v) is 11.4. The smallest absolute Gasteiger partial charge is 0.271 e. The Morgan fingerprint density at radius 2 is 2.00 bits per heavy atom. The molecule has 0 aliphatic heterocycles. The summed E-state index contributed by atoms with van der Waals surface area (Å²) in [4.78, 5) is 12.8. The van der Waals surface area contributed by atoms with Crippen molar-refractivity contribution in [3.05, 3.63) is 40.6 Å². The second kappa shape index (κ2) is 5.84. The molecular formula is C14H19N3O2. The SMILES string of the molecule is CCN(CC)CCn1ccc2ccc([N+](=O)[O-])cc21. The van der Waals surface area contributed by atoms with Crippen LogP contribution in [0.4, 0.5) is 5.69 Å². The van der Waals surface area contributed by atoms with Gasteiger partial charge in [0.25, 0.3) is 5.69 Å². The van der Waals surface area contributed by atoms with Crippen molar-refractivity contribution in [3.63, 3.8) is 0 Å². The lowest BCUT2D eigenvalue weighted by Gasteiger charge is -2.18. The fourth-order valence-corrected chi connectivity index (χ4v) is 2.27. The Kier molecular flexibility index (Phi) is 4.16. The molecule has 0 amide bonds. The monoisotopic (exact) mass is 261 g/mol. The molecule has 0 fully saturated rings. The average molecular weight is 261 g/mol. The summed E-state index contributed by atoms with van der Waals surface area (Å²) < 4.78 is 2.08. The van der Waals surface area contributed by atoms with Gasteiger partial charge in [0.15, 0.2) is 0 Å². The summed E-state index contributed by atoms with van der Waals surface area (Å²) in [7, 11) is 0. The highest BCUT2D eigenvalue weighted by Gasteiger charge is 2.09. The van der Waals surface area contributed by atoms with Gasteiger partial charge >= 0.3 is 0 Å². The maximum Gasteiger partial charge on any atom is 0.271 e. The molecule has 0 aliphatic rings. The van der Waals surface area contributed by atoms with Crippen LogP contribution in [0.25, 0.3) is 10.9 Å². The van der Waals surface area contributed by atoms with Crippen LogP contribution in [0.1, 0.15) is 13.8 Å². The summed E-state index contributed by atoms with van der Waals surface area (Å²) in [6, 6.07) is 7.01. The van der Waals surface area contributed by atoms with E-state index >= 15 is 0 Å². The fourth-order valence-electron chi connectivity index (χ4n) is 2.27. The van der Waals surface area contributed by atoms with Crippen LogP contribution < -0.4 is 0 Å². The predicted molar refractivity (Wildman–Crippen MR) is 76.4 cm³/mol. The molecule has 1 heterocycles. The highest BCUT2D eigenvalue weighted by molar-refractivity contribution is 5.82. The van der Waals surface area contributed by atoms with Crippen LogP contribution >= 0.6 is 0 Å². The molecule has 1 aromatic heterocycles. The molecule has 0 saturated carbocycles. The third-order valence-electron chi connectivity index (χ3n) is 3.52. The number of non-ortho nitro benzene ring substituents is 1. The lowest BCUT2D eigenvalue weighted by molar-refractivity contribution is -0.384. The first-order valence-electron chi connectivity index (χ1n) is 6.61. The zero-order valence-electron chi connectivity index (χ0n) is 11.4. The molecule has 2 aromatic rings. The van der Waals surface area contributed by atoms with E-state index in [0.717, 1.165) is 37.1 Å². The molecule has 1 aromatic carbocycles. The summed E-state index contributed by atoms with van der Waals surface area (Å²) in [5, 5.41) is 11.9. The summed E-state index contributed by atoms with van der Waals surface area (Å²) in [6.45, 7) is 8.14. The minimum Gasteiger partial charge on any atom is -0.346 e. The van der Waals surface area contributed by atoms with Crippen molar-refractivity contribution in [1.82, 2.24) is 9.47 Å². The van der Waals surface area contributed by atoms with Crippen molar-refractivity contribution in [2.45, 2.75) is 20.4 Å². The number of hydrogen-bond donors (Lipinski definition) is 0. The van der Waals surface area contributed by atoms with Crippen LogP contribution in [0.2, 0.25) is 0 Å². The molecule has 0 saturated heterocycles. The number of aromatic nitrogens is 1. The highest BCUT2D eigenvalue weighted by atomic mass is 16.6. The molecule has 0 atom stereocenters. The number of hydrogen-bond acceptors (Lipinski definition) is 3. The average Bonchev–Trinajstić information content (AvgIpc) is 2.82. The molecule has 5 heteroatoms. The number of benzene rings is 1. The van der Waals surface area contributed by atoms with Crippen molar-refractivity contribution in [1.29, 1.82) is 0 Å². The molecule has 102 valence electrons. The van der Waals surface area contributed by atoms with Gasteiger partial charge in [-0.1, -0.05) is 13.8 Å². The Hall–Kier alpha value is -1.88. The van der Waals surface area contributed by atoms with Gasteiger partial charge in [0.05, 0.1) is 10.4 Å². The summed E-state index contributed by atoms with van der Waals surface area (Å²) in [5.74, 6) is 0. The topological polar surface area (TPSA) is 51.3 Å². The highest BCUT2D eigenvalue weighted by Crippen LogP contribution is 2.21. The quantitative estimate of drug-likeness (QED) is 0.593. The first kappa shape index (κ1) is 13.5.